The molecule has 15 heavy (non-hydrogen) atoms. The minimum Gasteiger partial charge on any atom is -0.0620 e. The molecule has 0 bridgehead atoms. The van der Waals surface area contributed by atoms with Crippen LogP contribution in [0.15, 0.2) is 42.5 Å². The van der Waals surface area contributed by atoms with Gasteiger partial charge in [0.15, 0.2) is 0 Å². The molecule has 0 heterocycles. The first-order chi connectivity index (χ1) is 7.27. The van der Waals surface area contributed by atoms with E-state index in [0.717, 1.165) is 0 Å². The molecule has 0 aliphatic heterocycles. The maximum atomic E-state index is 6.21. The lowest BCUT2D eigenvalue weighted by molar-refractivity contribution is 1.20. The first kappa shape index (κ1) is 8.78. The SMILES string of the molecule is [B]C1c2ccccc2-c2cc(C)ccc21. The van der Waals surface area contributed by atoms with Gasteiger partial charge in [0.1, 0.15) is 0 Å². The van der Waals surface area contributed by atoms with E-state index in [2.05, 4.69) is 49.4 Å². The van der Waals surface area contributed by atoms with Crippen LogP contribution in [-0.2, 0) is 0 Å². The molecule has 0 N–H and O–H groups in total. The number of aryl methyl sites for hydroxylation is 1. The number of hydrogen-bond acceptors (Lipinski definition) is 0. The van der Waals surface area contributed by atoms with Crippen molar-refractivity contribution in [1.82, 2.24) is 0 Å². The van der Waals surface area contributed by atoms with Gasteiger partial charge in [-0.05, 0) is 35.0 Å². The molecule has 1 aliphatic carbocycles. The smallest absolute Gasteiger partial charge is 0.0620 e. The Kier molecular flexibility index (Phi) is 1.75. The molecule has 0 saturated carbocycles. The summed E-state index contributed by atoms with van der Waals surface area (Å²) in [7, 11) is 6.21. The predicted octanol–water partition coefficient (Wildman–Crippen LogP) is 3.23. The standard InChI is InChI=1S/C14H11B/c1-9-6-7-12-13(8-9)10-4-2-3-5-11(10)14(12)15/h2-8,14H,1H3. The third kappa shape index (κ3) is 1.16. The maximum absolute atomic E-state index is 6.21. The summed E-state index contributed by atoms with van der Waals surface area (Å²) in [6.45, 7) is 2.12. The fourth-order valence-electron chi connectivity index (χ4n) is 2.36. The molecule has 0 aromatic heterocycles. The summed E-state index contributed by atoms with van der Waals surface area (Å²) in [5, 5.41) is 0. The van der Waals surface area contributed by atoms with Gasteiger partial charge in [-0.15, -0.1) is 0 Å². The molecular formula is C14H11B. The van der Waals surface area contributed by atoms with E-state index in [-0.39, 0.29) is 5.82 Å². The van der Waals surface area contributed by atoms with Crippen LogP contribution < -0.4 is 0 Å². The zero-order valence-corrected chi connectivity index (χ0v) is 8.70. The van der Waals surface area contributed by atoms with Crippen LogP contribution in [0.3, 0.4) is 0 Å². The largest absolute Gasteiger partial charge is 0.0828 e. The van der Waals surface area contributed by atoms with Crippen molar-refractivity contribution in [3.05, 3.63) is 59.2 Å². The maximum Gasteiger partial charge on any atom is 0.0828 e. The van der Waals surface area contributed by atoms with Crippen LogP contribution in [-0.4, -0.2) is 7.85 Å². The third-order valence-corrected chi connectivity index (χ3v) is 3.13. The minimum atomic E-state index is 0.0526. The highest BCUT2D eigenvalue weighted by Crippen LogP contribution is 2.43. The summed E-state index contributed by atoms with van der Waals surface area (Å²) in [6, 6.07) is 14.9. The Morgan fingerprint density at radius 1 is 0.933 bits per heavy atom. The zero-order chi connectivity index (χ0) is 10.4. The Labute approximate surface area is 91.4 Å². The van der Waals surface area contributed by atoms with Gasteiger partial charge in [0.25, 0.3) is 0 Å². The molecule has 1 atom stereocenters. The highest BCUT2D eigenvalue weighted by atomic mass is 14.2. The average molecular weight is 190 g/mol. The van der Waals surface area contributed by atoms with Gasteiger partial charge in [-0.3, -0.25) is 0 Å². The van der Waals surface area contributed by atoms with Crippen molar-refractivity contribution < 1.29 is 0 Å². The minimum absolute atomic E-state index is 0.0526. The molecule has 0 saturated heterocycles. The van der Waals surface area contributed by atoms with Crippen LogP contribution in [0.5, 0.6) is 0 Å². The van der Waals surface area contributed by atoms with Gasteiger partial charge < -0.3 is 0 Å². The lowest BCUT2D eigenvalue weighted by Crippen LogP contribution is -1.94. The normalized spacial score (nSPS) is 17.3. The summed E-state index contributed by atoms with van der Waals surface area (Å²) >= 11 is 0. The second-order valence-electron chi connectivity index (χ2n) is 4.16. The predicted molar refractivity (Wildman–Crippen MR) is 64.2 cm³/mol. The lowest BCUT2D eigenvalue weighted by Gasteiger charge is -2.05. The van der Waals surface area contributed by atoms with Crippen molar-refractivity contribution in [3.63, 3.8) is 0 Å². The summed E-state index contributed by atoms with van der Waals surface area (Å²) in [4.78, 5) is 0. The van der Waals surface area contributed by atoms with Crippen LogP contribution in [0.1, 0.15) is 22.5 Å². The summed E-state index contributed by atoms with van der Waals surface area (Å²) in [5.41, 5.74) is 6.39. The van der Waals surface area contributed by atoms with E-state index >= 15 is 0 Å². The monoisotopic (exact) mass is 190 g/mol. The molecule has 1 aliphatic rings. The molecular weight excluding hydrogens is 179 g/mol. The van der Waals surface area contributed by atoms with Crippen LogP contribution in [0, 0.1) is 6.92 Å². The van der Waals surface area contributed by atoms with E-state index in [1.807, 2.05) is 0 Å². The molecule has 0 spiro atoms. The Morgan fingerprint density at radius 2 is 1.67 bits per heavy atom. The molecule has 0 nitrogen and oxygen atoms in total. The molecule has 2 aromatic carbocycles. The molecule has 70 valence electrons. The molecule has 2 radical (unpaired) electrons. The highest BCUT2D eigenvalue weighted by molar-refractivity contribution is 6.17. The van der Waals surface area contributed by atoms with Gasteiger partial charge >= 0.3 is 0 Å². The zero-order valence-electron chi connectivity index (χ0n) is 8.70. The highest BCUT2D eigenvalue weighted by Gasteiger charge is 2.23. The Morgan fingerprint density at radius 3 is 2.53 bits per heavy atom. The Balaban J connectivity index is 2.34. The van der Waals surface area contributed by atoms with Gasteiger partial charge in [-0.2, -0.15) is 0 Å². The van der Waals surface area contributed by atoms with E-state index in [1.54, 1.807) is 0 Å². The first-order valence-corrected chi connectivity index (χ1v) is 5.23. The third-order valence-electron chi connectivity index (χ3n) is 3.13. The first-order valence-electron chi connectivity index (χ1n) is 5.23. The molecule has 1 heteroatoms. The quantitative estimate of drug-likeness (QED) is 0.559. The van der Waals surface area contributed by atoms with Crippen LogP contribution >= 0.6 is 0 Å². The van der Waals surface area contributed by atoms with Crippen LogP contribution in [0.4, 0.5) is 0 Å². The van der Waals surface area contributed by atoms with Crippen molar-refractivity contribution in [1.29, 1.82) is 0 Å². The molecule has 0 amide bonds. The van der Waals surface area contributed by atoms with Crippen molar-refractivity contribution in [2.45, 2.75) is 12.7 Å². The van der Waals surface area contributed by atoms with Gasteiger partial charge in [0.2, 0.25) is 0 Å². The number of rotatable bonds is 0. The van der Waals surface area contributed by atoms with Gasteiger partial charge in [0, 0.05) is 0 Å². The van der Waals surface area contributed by atoms with E-state index in [9.17, 15) is 0 Å². The van der Waals surface area contributed by atoms with E-state index < -0.39 is 0 Å². The summed E-state index contributed by atoms with van der Waals surface area (Å²) in [5.74, 6) is 0.0526. The number of hydrogen-bond donors (Lipinski definition) is 0. The number of fused-ring (bicyclic) bond motifs is 3. The van der Waals surface area contributed by atoms with Gasteiger partial charge in [0.05, 0.1) is 7.85 Å². The molecule has 3 rings (SSSR count). The van der Waals surface area contributed by atoms with E-state index in [4.69, 9.17) is 7.85 Å². The van der Waals surface area contributed by atoms with Gasteiger partial charge in [-0.25, -0.2) is 0 Å². The topological polar surface area (TPSA) is 0 Å². The van der Waals surface area contributed by atoms with Gasteiger partial charge in [-0.1, -0.05) is 48.0 Å². The van der Waals surface area contributed by atoms with Crippen molar-refractivity contribution >= 4 is 7.85 Å². The fourth-order valence-corrected chi connectivity index (χ4v) is 2.36. The van der Waals surface area contributed by atoms with E-state index in [1.165, 1.54) is 27.8 Å². The molecule has 0 fully saturated rings. The summed E-state index contributed by atoms with van der Waals surface area (Å²) in [6.07, 6.45) is 0. The Bertz CT molecular complexity index is 529. The average Bonchev–Trinajstić information content (AvgIpc) is 2.54. The van der Waals surface area contributed by atoms with Crippen LogP contribution in [0.2, 0.25) is 0 Å². The van der Waals surface area contributed by atoms with Crippen molar-refractivity contribution in [2.24, 2.45) is 0 Å². The number of benzene rings is 2. The molecule has 2 aromatic rings. The fraction of sp³-hybridized carbons (Fsp3) is 0.143. The van der Waals surface area contributed by atoms with E-state index in [0.29, 0.717) is 0 Å². The Hall–Kier alpha value is -1.50. The van der Waals surface area contributed by atoms with Crippen molar-refractivity contribution in [2.75, 3.05) is 0 Å². The van der Waals surface area contributed by atoms with Crippen LogP contribution in [0.25, 0.3) is 11.1 Å². The lowest BCUT2D eigenvalue weighted by atomic mass is 9.79. The van der Waals surface area contributed by atoms with Crippen molar-refractivity contribution in [3.8, 4) is 11.1 Å². The summed E-state index contributed by atoms with van der Waals surface area (Å²) < 4.78 is 0. The second kappa shape index (κ2) is 3.00. The molecule has 1 unspecified atom stereocenters. The second-order valence-corrected chi connectivity index (χ2v) is 4.16.